The number of amides is 1. The number of nitrogens with zero attached hydrogens (tertiary/aromatic N) is 2. The van der Waals surface area contributed by atoms with Crippen LogP contribution >= 0.6 is 11.8 Å². The Kier molecular flexibility index (Phi) is 6.81. The van der Waals surface area contributed by atoms with Crippen LogP contribution in [-0.4, -0.2) is 28.1 Å². The van der Waals surface area contributed by atoms with Gasteiger partial charge in [0.2, 0.25) is 0 Å². The van der Waals surface area contributed by atoms with Crippen molar-refractivity contribution in [1.82, 2.24) is 20.5 Å². The highest BCUT2D eigenvalue weighted by molar-refractivity contribution is 7.99. The van der Waals surface area contributed by atoms with Crippen LogP contribution in [0.4, 0.5) is 0 Å². The second-order valence-corrected chi connectivity index (χ2v) is 7.28. The van der Waals surface area contributed by atoms with Gasteiger partial charge in [-0.1, -0.05) is 36.5 Å². The molecule has 0 aliphatic carbocycles. The van der Waals surface area contributed by atoms with E-state index in [2.05, 4.69) is 39.2 Å². The maximum atomic E-state index is 11.9. The summed E-state index contributed by atoms with van der Waals surface area (Å²) in [6.45, 7) is 5.57. The lowest BCUT2D eigenvalue weighted by Crippen LogP contribution is -2.18. The van der Waals surface area contributed by atoms with Gasteiger partial charge in [-0.2, -0.15) is 5.10 Å². The zero-order valence-electron chi connectivity index (χ0n) is 16.3. The van der Waals surface area contributed by atoms with E-state index in [1.54, 1.807) is 31.1 Å². The number of H-pyrrole nitrogens is 1. The number of aromatic nitrogens is 3. The Bertz CT molecular complexity index is 1120. The van der Waals surface area contributed by atoms with Crippen molar-refractivity contribution < 1.29 is 4.79 Å². The summed E-state index contributed by atoms with van der Waals surface area (Å²) in [4.78, 5) is 17.9. The molecule has 2 aromatic heterocycles. The lowest BCUT2D eigenvalue weighted by molar-refractivity contribution is 0.0960. The van der Waals surface area contributed by atoms with Gasteiger partial charge in [-0.05, 0) is 55.5 Å². The number of benzene rings is 2. The highest BCUT2D eigenvalue weighted by Crippen LogP contribution is 2.32. The van der Waals surface area contributed by atoms with Gasteiger partial charge < -0.3 is 5.32 Å². The smallest absolute Gasteiger partial charge is 0.252 e. The highest BCUT2D eigenvalue weighted by Gasteiger charge is 2.11. The molecule has 0 saturated heterocycles. The fraction of sp³-hybridized carbons (Fsp3) is 0.0870. The third-order valence-corrected chi connectivity index (χ3v) is 5.27. The Hall–Kier alpha value is -3.38. The monoisotopic (exact) mass is 402 g/mol. The number of pyridine rings is 1. The first-order chi connectivity index (χ1) is 14.1. The van der Waals surface area contributed by atoms with Gasteiger partial charge in [-0.15, -0.1) is 0 Å². The van der Waals surface area contributed by atoms with Crippen LogP contribution in [0.3, 0.4) is 0 Å². The molecule has 0 radical (unpaired) electrons. The fourth-order valence-corrected chi connectivity index (χ4v) is 3.67. The van der Waals surface area contributed by atoms with E-state index in [-0.39, 0.29) is 5.91 Å². The summed E-state index contributed by atoms with van der Waals surface area (Å²) in [6.07, 6.45) is 3.47. The van der Waals surface area contributed by atoms with Crippen LogP contribution < -0.4 is 5.32 Å². The second-order valence-electron chi connectivity index (χ2n) is 6.16. The number of hydrogen-bond acceptors (Lipinski definition) is 4. The lowest BCUT2D eigenvalue weighted by Gasteiger charge is -2.07. The van der Waals surface area contributed by atoms with Crippen molar-refractivity contribution in [1.29, 1.82) is 0 Å². The summed E-state index contributed by atoms with van der Waals surface area (Å²) in [5, 5.41) is 11.1. The molecular formula is C23H22N4OS. The maximum Gasteiger partial charge on any atom is 0.252 e. The van der Waals surface area contributed by atoms with Crippen molar-refractivity contribution in [2.75, 3.05) is 7.05 Å². The van der Waals surface area contributed by atoms with E-state index in [1.165, 1.54) is 0 Å². The third kappa shape index (κ3) is 5.12. The predicted octanol–water partition coefficient (Wildman–Crippen LogP) is 5.11. The predicted molar refractivity (Wildman–Crippen MR) is 119 cm³/mol. The molecule has 0 aliphatic heterocycles. The molecule has 4 rings (SSSR count). The number of carbonyl (C=O) groups is 1. The molecule has 0 unspecified atom stereocenters. The number of fused-ring (bicyclic) bond motifs is 1. The Morgan fingerprint density at radius 1 is 1.14 bits per heavy atom. The van der Waals surface area contributed by atoms with Gasteiger partial charge in [-0.25, -0.2) is 0 Å². The zero-order valence-corrected chi connectivity index (χ0v) is 17.2. The third-order valence-electron chi connectivity index (χ3n) is 4.20. The lowest BCUT2D eigenvalue weighted by atomic mass is 10.2. The number of hydrogen-bond donors (Lipinski definition) is 2. The van der Waals surface area contributed by atoms with E-state index < -0.39 is 0 Å². The molecule has 0 spiro atoms. The van der Waals surface area contributed by atoms with Crippen LogP contribution in [0.25, 0.3) is 17.0 Å². The van der Waals surface area contributed by atoms with Crippen molar-refractivity contribution in [3.05, 3.63) is 90.4 Å². The van der Waals surface area contributed by atoms with Gasteiger partial charge in [0.15, 0.2) is 0 Å². The van der Waals surface area contributed by atoms with Crippen LogP contribution in [0.2, 0.25) is 0 Å². The molecule has 29 heavy (non-hydrogen) atoms. The molecule has 2 aromatic carbocycles. The standard InChI is InChI=1S/C16H15N3OS.C7H7N/c1-10-12-8-7-11(9-14(12)19-18-10)21-15-6-4-3-5-13(15)16(20)17-2;1-2-7-5-3-4-6-8-7/h3-9H,1-2H3,(H,17,20)(H,18,19);2-6H,1H2. The van der Waals surface area contributed by atoms with Gasteiger partial charge in [-0.3, -0.25) is 14.9 Å². The van der Waals surface area contributed by atoms with Gasteiger partial charge >= 0.3 is 0 Å². The van der Waals surface area contributed by atoms with E-state index >= 15 is 0 Å². The molecule has 0 aliphatic rings. The minimum absolute atomic E-state index is 0.0743. The first kappa shape index (κ1) is 20.4. The Labute approximate surface area is 174 Å². The van der Waals surface area contributed by atoms with Crippen LogP contribution in [0.5, 0.6) is 0 Å². The van der Waals surface area contributed by atoms with Crippen molar-refractivity contribution in [2.45, 2.75) is 16.7 Å². The van der Waals surface area contributed by atoms with Crippen molar-refractivity contribution >= 4 is 34.6 Å². The largest absolute Gasteiger partial charge is 0.355 e. The quantitative estimate of drug-likeness (QED) is 0.498. The first-order valence-corrected chi connectivity index (χ1v) is 9.91. The Morgan fingerprint density at radius 2 is 1.93 bits per heavy atom. The minimum Gasteiger partial charge on any atom is -0.355 e. The molecule has 1 amide bonds. The van der Waals surface area contributed by atoms with Gasteiger partial charge in [0, 0.05) is 34.1 Å². The van der Waals surface area contributed by atoms with Crippen LogP contribution in [-0.2, 0) is 0 Å². The summed E-state index contributed by atoms with van der Waals surface area (Å²) in [6, 6.07) is 19.5. The fourth-order valence-electron chi connectivity index (χ4n) is 2.69. The maximum absolute atomic E-state index is 11.9. The Morgan fingerprint density at radius 3 is 2.62 bits per heavy atom. The molecule has 5 nitrogen and oxygen atoms in total. The average Bonchev–Trinajstić information content (AvgIpc) is 3.14. The summed E-state index contributed by atoms with van der Waals surface area (Å²) in [5.41, 5.74) is 3.61. The van der Waals surface area contributed by atoms with Crippen molar-refractivity contribution in [3.8, 4) is 0 Å². The number of aromatic amines is 1. The van der Waals surface area contributed by atoms with Crippen LogP contribution in [0.1, 0.15) is 21.7 Å². The molecule has 146 valence electrons. The molecule has 0 fully saturated rings. The molecule has 6 heteroatoms. The van der Waals surface area contributed by atoms with Gasteiger partial charge in [0.05, 0.1) is 16.8 Å². The topological polar surface area (TPSA) is 70.7 Å². The van der Waals surface area contributed by atoms with E-state index in [0.29, 0.717) is 5.56 Å². The molecule has 4 aromatic rings. The molecule has 0 bridgehead atoms. The summed E-state index contributed by atoms with van der Waals surface area (Å²) in [7, 11) is 1.64. The summed E-state index contributed by atoms with van der Waals surface area (Å²) >= 11 is 1.57. The summed E-state index contributed by atoms with van der Waals surface area (Å²) in [5.74, 6) is -0.0743. The van der Waals surface area contributed by atoms with Crippen molar-refractivity contribution in [2.24, 2.45) is 0 Å². The van der Waals surface area contributed by atoms with Crippen molar-refractivity contribution in [3.63, 3.8) is 0 Å². The zero-order chi connectivity index (χ0) is 20.6. The van der Waals surface area contributed by atoms with Crippen LogP contribution in [0, 0.1) is 6.92 Å². The van der Waals surface area contributed by atoms with Gasteiger partial charge in [0.25, 0.3) is 5.91 Å². The highest BCUT2D eigenvalue weighted by atomic mass is 32.2. The normalized spacial score (nSPS) is 10.1. The van der Waals surface area contributed by atoms with E-state index in [4.69, 9.17) is 0 Å². The number of aryl methyl sites for hydroxylation is 1. The minimum atomic E-state index is -0.0743. The van der Waals surface area contributed by atoms with Gasteiger partial charge in [0.1, 0.15) is 0 Å². The average molecular weight is 403 g/mol. The molecule has 0 saturated carbocycles. The van der Waals surface area contributed by atoms with E-state index in [1.807, 2.05) is 55.5 Å². The first-order valence-electron chi connectivity index (χ1n) is 9.09. The molecule has 2 heterocycles. The van der Waals surface area contributed by atoms with Crippen LogP contribution in [0.15, 0.2) is 83.2 Å². The summed E-state index contributed by atoms with van der Waals surface area (Å²) < 4.78 is 0. The SMILES string of the molecule is C=Cc1ccccn1.CNC(=O)c1ccccc1Sc1ccc2c(C)[nH]nc2c1. The molecule has 0 atom stereocenters. The number of carbonyl (C=O) groups excluding carboxylic acids is 1. The second kappa shape index (κ2) is 9.71. The number of rotatable bonds is 4. The molecule has 2 N–H and O–H groups in total. The van der Waals surface area contributed by atoms with E-state index in [0.717, 1.165) is 32.1 Å². The number of nitrogens with one attached hydrogen (secondary N) is 2. The molecular weight excluding hydrogens is 380 g/mol. The Balaban J connectivity index is 0.000000252. The van der Waals surface area contributed by atoms with E-state index in [9.17, 15) is 4.79 Å².